The van der Waals surface area contributed by atoms with Crippen LogP contribution in [-0.2, 0) is 9.53 Å². The third kappa shape index (κ3) is 3.74. The van der Waals surface area contributed by atoms with Gasteiger partial charge in [0.05, 0.1) is 13.2 Å². The monoisotopic (exact) mass is 312 g/mol. The summed E-state index contributed by atoms with van der Waals surface area (Å²) in [6.45, 7) is -1.67. The average Bonchev–Trinajstić information content (AvgIpc) is 2.50. The van der Waals surface area contributed by atoms with E-state index in [9.17, 15) is 30.3 Å². The van der Waals surface area contributed by atoms with Crippen molar-refractivity contribution in [2.24, 2.45) is 0 Å². The minimum atomic E-state index is -2.20. The van der Waals surface area contributed by atoms with Gasteiger partial charge in [0.2, 0.25) is 0 Å². The second-order valence-corrected chi connectivity index (χ2v) is 4.84. The quantitative estimate of drug-likeness (QED) is 0.235. The molecule has 0 aromatic heterocycles. The maximum atomic E-state index is 11.9. The van der Waals surface area contributed by atoms with Crippen LogP contribution in [0.4, 0.5) is 0 Å². The summed E-state index contributed by atoms with van der Waals surface area (Å²) < 4.78 is 4.90. The summed E-state index contributed by atoms with van der Waals surface area (Å²) in [7, 11) is 0. The summed E-state index contributed by atoms with van der Waals surface area (Å²) in [5.41, 5.74) is 0. The Morgan fingerprint density at radius 3 is 2.05 bits per heavy atom. The molecule has 1 saturated heterocycles. The van der Waals surface area contributed by atoms with Gasteiger partial charge in [0.15, 0.2) is 5.78 Å². The van der Waals surface area contributed by atoms with Crippen molar-refractivity contribution in [3.05, 3.63) is 0 Å². The Kier molecular flexibility index (Phi) is 6.59. The smallest absolute Gasteiger partial charge is 0.195 e. The van der Waals surface area contributed by atoms with Crippen molar-refractivity contribution in [1.82, 2.24) is 0 Å². The van der Waals surface area contributed by atoms with Gasteiger partial charge in [-0.15, -0.1) is 0 Å². The highest BCUT2D eigenvalue weighted by molar-refractivity contribution is 5.88. The first-order valence-corrected chi connectivity index (χ1v) is 6.25. The number of ketones is 1. The highest BCUT2D eigenvalue weighted by Gasteiger charge is 2.48. The largest absolute Gasteiger partial charge is 0.394 e. The number of ether oxygens (including phenoxy) is 1. The van der Waals surface area contributed by atoms with E-state index in [1.54, 1.807) is 0 Å². The van der Waals surface area contributed by atoms with Gasteiger partial charge in [-0.3, -0.25) is 4.79 Å². The average molecular weight is 312 g/mol. The lowest BCUT2D eigenvalue weighted by Crippen LogP contribution is -2.63. The highest BCUT2D eigenvalue weighted by Crippen LogP contribution is 2.23. The lowest BCUT2D eigenvalue weighted by atomic mass is 9.90. The van der Waals surface area contributed by atoms with Crippen LogP contribution in [0.15, 0.2) is 0 Å². The number of Topliss-reactive ketones (excluding diaryl/α,β-unsaturated/α-hetero) is 1. The van der Waals surface area contributed by atoms with Gasteiger partial charge in [-0.25, -0.2) is 0 Å². The number of carbonyl (C=O) groups excluding carboxylic acids is 1. The summed E-state index contributed by atoms with van der Waals surface area (Å²) >= 11 is 0. The van der Waals surface area contributed by atoms with Crippen LogP contribution in [0.5, 0.6) is 0 Å². The van der Waals surface area contributed by atoms with E-state index in [-0.39, 0.29) is 0 Å². The molecule has 124 valence electrons. The van der Waals surface area contributed by atoms with Gasteiger partial charge in [-0.05, 0) is 0 Å². The molecule has 0 aromatic rings. The molecule has 10 heteroatoms. The molecule has 0 radical (unpaired) electrons. The molecule has 0 aromatic carbocycles. The van der Waals surface area contributed by atoms with E-state index in [0.717, 1.165) is 0 Å². The summed E-state index contributed by atoms with van der Waals surface area (Å²) in [4.78, 5) is 11.9. The molecule has 3 unspecified atom stereocenters. The topological polar surface area (TPSA) is 188 Å². The lowest BCUT2D eigenvalue weighted by Gasteiger charge is -2.40. The molecule has 1 aliphatic heterocycles. The van der Waals surface area contributed by atoms with Crippen LogP contribution < -0.4 is 0 Å². The number of aliphatic hydroxyl groups is 8. The number of hydrogen-bond acceptors (Lipinski definition) is 10. The second kappa shape index (κ2) is 7.54. The Morgan fingerprint density at radius 2 is 1.57 bits per heavy atom. The molecule has 21 heavy (non-hydrogen) atoms. The Balaban J connectivity index is 2.85. The van der Waals surface area contributed by atoms with Gasteiger partial charge in [0, 0.05) is 0 Å². The molecule has 10 nitrogen and oxygen atoms in total. The van der Waals surface area contributed by atoms with Crippen molar-refractivity contribution in [2.75, 3.05) is 13.2 Å². The van der Waals surface area contributed by atoms with Gasteiger partial charge in [-0.1, -0.05) is 0 Å². The van der Waals surface area contributed by atoms with Crippen LogP contribution in [0.25, 0.3) is 0 Å². The van der Waals surface area contributed by atoms with Crippen molar-refractivity contribution in [3.63, 3.8) is 0 Å². The van der Waals surface area contributed by atoms with E-state index in [1.165, 1.54) is 0 Å². The molecule has 8 N–H and O–H groups in total. The molecule has 0 aliphatic carbocycles. The van der Waals surface area contributed by atoms with Crippen LogP contribution >= 0.6 is 0 Å². The third-order valence-electron chi connectivity index (χ3n) is 3.37. The van der Waals surface area contributed by atoms with Gasteiger partial charge in [-0.2, -0.15) is 0 Å². The molecular formula is C11H20O10. The lowest BCUT2D eigenvalue weighted by molar-refractivity contribution is -0.230. The SMILES string of the molecule is O=C(C(O)C(O)C(O)CO)[C@@H]1O[C@H](CO)[C@H](O)[C@H](O)[C@H]1O. The van der Waals surface area contributed by atoms with E-state index in [2.05, 4.69) is 0 Å². The van der Waals surface area contributed by atoms with Gasteiger partial charge in [0.1, 0.15) is 48.8 Å². The molecule has 1 fully saturated rings. The van der Waals surface area contributed by atoms with Crippen LogP contribution in [-0.4, -0.2) is 109 Å². The van der Waals surface area contributed by atoms with E-state index in [0.29, 0.717) is 0 Å². The Labute approximate surface area is 119 Å². The van der Waals surface area contributed by atoms with E-state index in [1.807, 2.05) is 0 Å². The predicted octanol–water partition coefficient (Wildman–Crippen LogP) is -5.53. The molecule has 1 rings (SSSR count). The van der Waals surface area contributed by atoms with Crippen LogP contribution in [0.3, 0.4) is 0 Å². The molecular weight excluding hydrogens is 292 g/mol. The highest BCUT2D eigenvalue weighted by atomic mass is 16.5. The fraction of sp³-hybridized carbons (Fsp3) is 0.909. The molecule has 1 heterocycles. The van der Waals surface area contributed by atoms with Crippen molar-refractivity contribution in [2.45, 2.75) is 48.8 Å². The first-order chi connectivity index (χ1) is 9.76. The van der Waals surface area contributed by atoms with Gasteiger partial charge in [0.25, 0.3) is 0 Å². The zero-order valence-electron chi connectivity index (χ0n) is 10.9. The third-order valence-corrected chi connectivity index (χ3v) is 3.37. The second-order valence-electron chi connectivity index (χ2n) is 4.84. The zero-order chi connectivity index (χ0) is 16.3. The Bertz CT molecular complexity index is 348. The molecule has 0 spiro atoms. The fourth-order valence-corrected chi connectivity index (χ4v) is 1.99. The van der Waals surface area contributed by atoms with Crippen LogP contribution in [0.2, 0.25) is 0 Å². The van der Waals surface area contributed by atoms with E-state index < -0.39 is 67.8 Å². The standard InChI is InChI=1S/C11H20O10/c12-1-3(14)5(15)7(17)9(19)11-10(20)8(18)6(16)4(2-13)21-11/h3-8,10-18,20H,1-2H2/t3?,4-,5?,6+,7?,8+,10-,11+/m1/s1. The summed E-state index contributed by atoms with van der Waals surface area (Å²) in [6.07, 6.45) is -14.6. The number of rotatable bonds is 6. The zero-order valence-corrected chi connectivity index (χ0v) is 10.9. The Hall–Kier alpha value is -0.690. The van der Waals surface area contributed by atoms with Gasteiger partial charge < -0.3 is 45.6 Å². The molecule has 0 saturated carbocycles. The predicted molar refractivity (Wildman–Crippen MR) is 63.9 cm³/mol. The first-order valence-electron chi connectivity index (χ1n) is 6.25. The molecule has 0 bridgehead atoms. The summed E-state index contributed by atoms with van der Waals surface area (Å²) in [6, 6.07) is 0. The van der Waals surface area contributed by atoms with Crippen LogP contribution in [0.1, 0.15) is 0 Å². The maximum absolute atomic E-state index is 11.9. The normalized spacial score (nSPS) is 37.8. The van der Waals surface area contributed by atoms with Crippen molar-refractivity contribution in [3.8, 4) is 0 Å². The molecule has 1 aliphatic rings. The van der Waals surface area contributed by atoms with Gasteiger partial charge >= 0.3 is 0 Å². The molecule has 0 amide bonds. The van der Waals surface area contributed by atoms with Crippen molar-refractivity contribution in [1.29, 1.82) is 0 Å². The minimum Gasteiger partial charge on any atom is -0.394 e. The number of carbonyl (C=O) groups is 1. The molecule has 8 atom stereocenters. The van der Waals surface area contributed by atoms with E-state index in [4.69, 9.17) is 20.1 Å². The summed E-state index contributed by atoms with van der Waals surface area (Å²) in [5.74, 6) is -1.27. The van der Waals surface area contributed by atoms with Crippen LogP contribution in [0, 0.1) is 0 Å². The van der Waals surface area contributed by atoms with Crippen molar-refractivity contribution < 1.29 is 50.4 Å². The minimum absolute atomic E-state index is 0.757. The number of hydrogen-bond donors (Lipinski definition) is 8. The number of aliphatic hydroxyl groups excluding tert-OH is 8. The maximum Gasteiger partial charge on any atom is 0.195 e. The van der Waals surface area contributed by atoms with Crippen molar-refractivity contribution >= 4 is 5.78 Å². The summed E-state index contributed by atoms with van der Waals surface area (Å²) in [5, 5.41) is 74.5. The first kappa shape index (κ1) is 18.4. The Morgan fingerprint density at radius 1 is 1.00 bits per heavy atom. The fourth-order valence-electron chi connectivity index (χ4n) is 1.99. The van der Waals surface area contributed by atoms with E-state index >= 15 is 0 Å².